The zero-order valence-electron chi connectivity index (χ0n) is 13.9. The van der Waals surface area contributed by atoms with Gasteiger partial charge in [0.05, 0.1) is 27.1 Å². The van der Waals surface area contributed by atoms with E-state index in [1.165, 1.54) is 14.2 Å². The molecule has 0 fully saturated rings. The first-order valence-corrected chi connectivity index (χ1v) is 7.44. The Hall–Kier alpha value is -2.37. The van der Waals surface area contributed by atoms with E-state index in [9.17, 15) is 14.8 Å². The van der Waals surface area contributed by atoms with Gasteiger partial charge in [-0.2, -0.15) is 4.74 Å². The Bertz CT molecular complexity index is 566. The van der Waals surface area contributed by atoms with Gasteiger partial charge in [0.1, 0.15) is 0 Å². The van der Waals surface area contributed by atoms with Crippen LogP contribution in [0.15, 0.2) is 30.3 Å². The zero-order valence-corrected chi connectivity index (χ0v) is 13.9. The quantitative estimate of drug-likeness (QED) is 0.253. The van der Waals surface area contributed by atoms with Gasteiger partial charge in [-0.05, 0) is 0 Å². The molecular formula is C17H23NO5. The van der Waals surface area contributed by atoms with Crippen LogP contribution >= 0.6 is 0 Å². The third kappa shape index (κ3) is 5.09. The highest BCUT2D eigenvalue weighted by Gasteiger charge is 2.30. The summed E-state index contributed by atoms with van der Waals surface area (Å²) < 4.78 is 9.92. The minimum atomic E-state index is -0.731. The molecule has 0 aliphatic heterocycles. The van der Waals surface area contributed by atoms with Crippen LogP contribution in [0.5, 0.6) is 0 Å². The number of rotatable bonds is 7. The number of ether oxygens (including phenoxy) is 2. The predicted octanol–water partition coefficient (Wildman–Crippen LogP) is 2.46. The summed E-state index contributed by atoms with van der Waals surface area (Å²) in [7, 11) is 2.47. The highest BCUT2D eigenvalue weighted by molar-refractivity contribution is 6.34. The Morgan fingerprint density at radius 3 is 2.17 bits per heavy atom. The molecule has 0 saturated heterocycles. The lowest BCUT2D eigenvalue weighted by atomic mass is 9.96. The Labute approximate surface area is 136 Å². The molecule has 126 valence electrons. The Morgan fingerprint density at radius 2 is 1.70 bits per heavy atom. The van der Waals surface area contributed by atoms with Gasteiger partial charge in [-0.25, -0.2) is 4.79 Å². The molecular weight excluding hydrogens is 298 g/mol. The molecule has 0 spiro atoms. The molecule has 0 aliphatic carbocycles. The van der Waals surface area contributed by atoms with Crippen LogP contribution in [0.2, 0.25) is 0 Å². The average Bonchev–Trinajstić information content (AvgIpc) is 2.55. The van der Waals surface area contributed by atoms with Gasteiger partial charge < -0.3 is 14.7 Å². The summed E-state index contributed by atoms with van der Waals surface area (Å²) in [4.78, 5) is 23.3. The molecule has 0 saturated carbocycles. The lowest BCUT2D eigenvalue weighted by Gasteiger charge is -2.22. The first-order chi connectivity index (χ1) is 10.9. The van der Waals surface area contributed by atoms with Crippen molar-refractivity contribution >= 4 is 17.7 Å². The van der Waals surface area contributed by atoms with Gasteiger partial charge in [0, 0.05) is 11.5 Å². The van der Waals surface area contributed by atoms with Crippen LogP contribution < -0.4 is 0 Å². The number of hydrogen-bond donors (Lipinski definition) is 0. The maximum Gasteiger partial charge on any atom is 0.399 e. The molecule has 0 amide bonds. The summed E-state index contributed by atoms with van der Waals surface area (Å²) in [6.45, 7) is 3.80. The van der Waals surface area contributed by atoms with Crippen molar-refractivity contribution in [2.24, 2.45) is 5.92 Å². The molecule has 1 aromatic carbocycles. The number of benzene rings is 1. The van der Waals surface area contributed by atoms with E-state index < -0.39 is 18.0 Å². The monoisotopic (exact) mass is 321 g/mol. The van der Waals surface area contributed by atoms with Gasteiger partial charge in [-0.15, -0.1) is 0 Å². The molecule has 0 heterocycles. The van der Waals surface area contributed by atoms with Crippen molar-refractivity contribution in [3.05, 3.63) is 41.1 Å². The third-order valence-electron chi connectivity index (χ3n) is 3.51. The second kappa shape index (κ2) is 8.92. The fraction of sp³-hybridized carbons (Fsp3) is 0.471. The van der Waals surface area contributed by atoms with Gasteiger partial charge >= 0.3 is 11.9 Å². The zero-order chi connectivity index (χ0) is 17.4. The molecule has 0 N–H and O–H groups in total. The summed E-state index contributed by atoms with van der Waals surface area (Å²) in [6.07, 6.45) is -0.0851. The summed E-state index contributed by atoms with van der Waals surface area (Å²) in [6, 6.07) is 8.67. The van der Waals surface area contributed by atoms with Gasteiger partial charge in [0.15, 0.2) is 6.04 Å². The van der Waals surface area contributed by atoms with Crippen molar-refractivity contribution in [1.82, 2.24) is 0 Å². The molecule has 0 radical (unpaired) electrons. The fourth-order valence-corrected chi connectivity index (χ4v) is 2.35. The number of carbonyl (C=O) groups excluding carboxylic acids is 2. The van der Waals surface area contributed by atoms with Crippen LogP contribution in [0.4, 0.5) is 0 Å². The SMILES string of the molecule is COC(=O)CC/C(C(=O)OC)=[N+](/[O-])C(c1ccccc1)C(C)C. The van der Waals surface area contributed by atoms with E-state index in [4.69, 9.17) is 4.74 Å². The summed E-state index contributed by atoms with van der Waals surface area (Å²) >= 11 is 0. The molecule has 6 heteroatoms. The van der Waals surface area contributed by atoms with Crippen LogP contribution in [-0.4, -0.2) is 36.6 Å². The van der Waals surface area contributed by atoms with E-state index in [0.717, 1.165) is 5.56 Å². The minimum absolute atomic E-state index is 0.0289. The van der Waals surface area contributed by atoms with E-state index in [1.807, 2.05) is 44.2 Å². The number of methoxy groups -OCH3 is 2. The minimum Gasteiger partial charge on any atom is -0.623 e. The van der Waals surface area contributed by atoms with Gasteiger partial charge in [0.25, 0.3) is 5.71 Å². The lowest BCUT2D eigenvalue weighted by Crippen LogP contribution is -2.31. The second-order valence-electron chi connectivity index (χ2n) is 5.44. The normalized spacial score (nSPS) is 13.3. The first kappa shape index (κ1) is 18.7. The molecule has 0 aliphatic rings. The molecule has 1 rings (SSSR count). The number of nitrogens with zero attached hydrogens (tertiary/aromatic N) is 1. The number of hydrogen-bond acceptors (Lipinski definition) is 5. The smallest absolute Gasteiger partial charge is 0.399 e. The molecule has 1 atom stereocenters. The van der Waals surface area contributed by atoms with Crippen LogP contribution in [0.3, 0.4) is 0 Å². The largest absolute Gasteiger partial charge is 0.623 e. The first-order valence-electron chi connectivity index (χ1n) is 7.44. The summed E-state index contributed by atoms with van der Waals surface area (Å²) in [5, 5.41) is 12.8. The topological polar surface area (TPSA) is 78.7 Å². The van der Waals surface area contributed by atoms with Crippen molar-refractivity contribution in [3.8, 4) is 0 Å². The van der Waals surface area contributed by atoms with Crippen LogP contribution in [0.25, 0.3) is 0 Å². The summed E-state index contributed by atoms with van der Waals surface area (Å²) in [5.74, 6) is -1.25. The highest BCUT2D eigenvalue weighted by Crippen LogP contribution is 2.25. The molecule has 0 aromatic heterocycles. The average molecular weight is 321 g/mol. The van der Waals surface area contributed by atoms with E-state index in [2.05, 4.69) is 4.74 Å². The van der Waals surface area contributed by atoms with Gasteiger partial charge in [0.2, 0.25) is 0 Å². The molecule has 1 unspecified atom stereocenters. The van der Waals surface area contributed by atoms with Crippen LogP contribution in [0, 0.1) is 11.1 Å². The van der Waals surface area contributed by atoms with Crippen molar-refractivity contribution in [2.45, 2.75) is 32.7 Å². The van der Waals surface area contributed by atoms with E-state index in [0.29, 0.717) is 4.74 Å². The van der Waals surface area contributed by atoms with Crippen molar-refractivity contribution < 1.29 is 23.8 Å². The van der Waals surface area contributed by atoms with Crippen LogP contribution in [0.1, 0.15) is 38.3 Å². The van der Waals surface area contributed by atoms with E-state index in [-0.39, 0.29) is 24.5 Å². The van der Waals surface area contributed by atoms with Crippen molar-refractivity contribution in [1.29, 1.82) is 0 Å². The standard InChI is InChI=1S/C17H23NO5/c1-12(2)16(13-8-6-5-7-9-13)18(21)14(17(20)23-4)10-11-15(19)22-3/h5-9,12,16H,10-11H2,1-4H3/b18-14-. The van der Waals surface area contributed by atoms with Crippen LogP contribution in [-0.2, 0) is 19.1 Å². The van der Waals surface area contributed by atoms with Gasteiger partial charge in [-0.3, -0.25) is 4.79 Å². The second-order valence-corrected chi connectivity index (χ2v) is 5.44. The molecule has 23 heavy (non-hydrogen) atoms. The Kier molecular flexibility index (Phi) is 7.25. The van der Waals surface area contributed by atoms with Crippen molar-refractivity contribution in [2.75, 3.05) is 14.2 Å². The molecule has 0 bridgehead atoms. The molecule has 1 aromatic rings. The number of esters is 2. The van der Waals surface area contributed by atoms with Gasteiger partial charge in [-0.1, -0.05) is 44.2 Å². The third-order valence-corrected chi connectivity index (χ3v) is 3.51. The molecule has 6 nitrogen and oxygen atoms in total. The number of carbonyl (C=O) groups is 2. The Balaban J connectivity index is 3.23. The maximum atomic E-state index is 12.8. The number of hydroxylamine groups is 1. The maximum absolute atomic E-state index is 12.8. The summed E-state index contributed by atoms with van der Waals surface area (Å²) in [5.41, 5.74) is 0.720. The fourth-order valence-electron chi connectivity index (χ4n) is 2.35. The lowest BCUT2D eigenvalue weighted by molar-refractivity contribution is -0.517. The predicted molar refractivity (Wildman–Crippen MR) is 85.9 cm³/mol. The highest BCUT2D eigenvalue weighted by atomic mass is 16.5. The van der Waals surface area contributed by atoms with E-state index in [1.54, 1.807) is 0 Å². The Morgan fingerprint density at radius 1 is 1.09 bits per heavy atom. The van der Waals surface area contributed by atoms with Crippen molar-refractivity contribution in [3.63, 3.8) is 0 Å². The van der Waals surface area contributed by atoms with E-state index >= 15 is 0 Å².